The van der Waals surface area contributed by atoms with Crippen LogP contribution < -0.4 is 11.1 Å². The number of unbranched alkanes of at least 4 members (excludes halogenated alkanes) is 2. The average molecular weight is 824 g/mol. The van der Waals surface area contributed by atoms with Gasteiger partial charge in [0, 0.05) is 32.6 Å². The highest BCUT2D eigenvalue weighted by atomic mass is 79.9. The van der Waals surface area contributed by atoms with Crippen LogP contribution in [0.4, 0.5) is 10.8 Å². The lowest BCUT2D eigenvalue weighted by Gasteiger charge is -2.11. The second-order valence-electron chi connectivity index (χ2n) is 13.1. The second-order valence-corrected chi connectivity index (χ2v) is 15.2. The van der Waals surface area contributed by atoms with Gasteiger partial charge in [-0.3, -0.25) is 0 Å². The van der Waals surface area contributed by atoms with Crippen molar-refractivity contribution in [2.24, 2.45) is 10.7 Å². The lowest BCUT2D eigenvalue weighted by atomic mass is 10.2. The zero-order valence-corrected chi connectivity index (χ0v) is 34.2. The van der Waals surface area contributed by atoms with E-state index in [1.165, 1.54) is 56.5 Å². The number of thiocarbonyl (C=S) groups is 1. The summed E-state index contributed by atoms with van der Waals surface area (Å²) < 4.78 is 6.69. The van der Waals surface area contributed by atoms with Gasteiger partial charge in [-0.15, -0.1) is 0 Å². The highest BCUT2D eigenvalue weighted by Crippen LogP contribution is 2.39. The summed E-state index contributed by atoms with van der Waals surface area (Å²) in [5, 5.41) is 12.0. The van der Waals surface area contributed by atoms with E-state index in [-0.39, 0.29) is 0 Å². The third-order valence-electron chi connectivity index (χ3n) is 9.53. The monoisotopic (exact) mass is 822 g/mol. The van der Waals surface area contributed by atoms with E-state index in [1.54, 1.807) is 11.3 Å². The number of aromatic nitrogens is 3. The maximum atomic E-state index is 5.14. The lowest BCUT2D eigenvalue weighted by molar-refractivity contribution is 0.807. The summed E-state index contributed by atoms with van der Waals surface area (Å²) >= 11 is 10.1. The summed E-state index contributed by atoms with van der Waals surface area (Å²) in [4.78, 5) is 9.21. The van der Waals surface area contributed by atoms with Crippen LogP contribution in [0.15, 0.2) is 143 Å². The van der Waals surface area contributed by atoms with E-state index < -0.39 is 0 Å². The van der Waals surface area contributed by atoms with Gasteiger partial charge in [0.15, 0.2) is 5.13 Å². The number of rotatable bonds is 9. The number of isothiocyanates is 1. The van der Waals surface area contributed by atoms with Gasteiger partial charge in [-0.25, -0.2) is 4.98 Å². The Hall–Kier alpha value is -5.15. The van der Waals surface area contributed by atoms with Crippen LogP contribution in [0.3, 0.4) is 0 Å². The summed E-state index contributed by atoms with van der Waals surface area (Å²) in [6.07, 6.45) is 4.73. The van der Waals surface area contributed by atoms with Crippen LogP contribution in [0.25, 0.3) is 65.2 Å². The number of hydrogen-bond acceptors (Lipinski definition) is 6. The Morgan fingerprint density at radius 1 is 0.673 bits per heavy atom. The van der Waals surface area contributed by atoms with E-state index in [0.29, 0.717) is 0 Å². The van der Waals surface area contributed by atoms with Crippen LogP contribution in [0, 0.1) is 0 Å². The van der Waals surface area contributed by atoms with Gasteiger partial charge in [-0.2, -0.15) is 4.99 Å². The molecule has 0 aliphatic carbocycles. The molecule has 3 aromatic heterocycles. The first-order valence-electron chi connectivity index (χ1n) is 18.8. The Bertz CT molecular complexity index is 2660. The minimum absolute atomic E-state index is 0.786. The molecule has 0 aliphatic heterocycles. The van der Waals surface area contributed by atoms with Crippen molar-refractivity contribution in [3.63, 3.8) is 0 Å². The quantitative estimate of drug-likeness (QED) is 0.0864. The summed E-state index contributed by atoms with van der Waals surface area (Å²) in [5.41, 5.74) is 13.8. The number of benzene rings is 6. The first kappa shape index (κ1) is 38.1. The molecule has 0 fully saturated rings. The van der Waals surface area contributed by atoms with Crippen LogP contribution >= 0.6 is 39.5 Å². The van der Waals surface area contributed by atoms with Crippen molar-refractivity contribution in [3.05, 3.63) is 138 Å². The molecule has 55 heavy (non-hydrogen) atoms. The summed E-state index contributed by atoms with van der Waals surface area (Å²) in [6.45, 7) is 6.16. The van der Waals surface area contributed by atoms with Gasteiger partial charge in [-0.1, -0.05) is 123 Å². The van der Waals surface area contributed by atoms with Crippen molar-refractivity contribution >= 4 is 109 Å². The van der Waals surface area contributed by atoms with Gasteiger partial charge in [0.1, 0.15) is 11.2 Å². The number of nitrogens with zero attached hydrogens (tertiary/aromatic N) is 4. The molecule has 0 spiro atoms. The van der Waals surface area contributed by atoms with Crippen LogP contribution in [0.1, 0.15) is 39.5 Å². The van der Waals surface area contributed by atoms with Gasteiger partial charge in [0.05, 0.1) is 43.3 Å². The Morgan fingerprint density at radius 3 is 1.65 bits per heavy atom. The molecule has 9 rings (SSSR count). The van der Waals surface area contributed by atoms with E-state index in [4.69, 9.17) is 22.9 Å². The van der Waals surface area contributed by atoms with E-state index in [2.05, 4.69) is 176 Å². The number of nitrogens with two attached hydrogens (primary N) is 1. The maximum absolute atomic E-state index is 5.14. The minimum Gasteiger partial charge on any atom is -0.361 e. The molecule has 0 atom stereocenters. The Balaban J connectivity index is 0.000000152. The van der Waals surface area contributed by atoms with E-state index in [0.717, 1.165) is 62.7 Å². The van der Waals surface area contributed by atoms with Crippen molar-refractivity contribution in [3.8, 4) is 11.4 Å². The number of aliphatic imine (C=N–C) groups is 1. The fourth-order valence-electron chi connectivity index (χ4n) is 6.97. The molecule has 9 aromatic rings. The topological polar surface area (TPSA) is 73.2 Å². The Labute approximate surface area is 339 Å². The molecular formula is C46H43BrN6S2. The average Bonchev–Trinajstić information content (AvgIpc) is 3.90. The highest BCUT2D eigenvalue weighted by Gasteiger charge is 2.17. The third kappa shape index (κ3) is 7.85. The number of thiazole rings is 1. The molecule has 9 heteroatoms. The SMILES string of the molecule is CCCCN.CCCCNc1nc2c(-n3c4ccccc4c4ccccc43)cccc2s1.S=C=Nc1c(Br)cccc1-n1c2ccccc2c2ccccc21. The van der Waals surface area contributed by atoms with Crippen LogP contribution in [0.2, 0.25) is 0 Å². The van der Waals surface area contributed by atoms with Crippen LogP contribution in [-0.2, 0) is 0 Å². The number of hydrogen-bond donors (Lipinski definition) is 2. The summed E-state index contributed by atoms with van der Waals surface area (Å²) in [5.74, 6) is 0. The second kappa shape index (κ2) is 18.0. The number of anilines is 1. The number of fused-ring (bicyclic) bond motifs is 7. The van der Waals surface area contributed by atoms with Crippen molar-refractivity contribution in [1.82, 2.24) is 14.1 Å². The number of para-hydroxylation sites is 6. The molecular weight excluding hydrogens is 781 g/mol. The van der Waals surface area contributed by atoms with Crippen molar-refractivity contribution < 1.29 is 0 Å². The first-order chi connectivity index (χ1) is 27.1. The third-order valence-corrected chi connectivity index (χ3v) is 11.2. The van der Waals surface area contributed by atoms with Crippen molar-refractivity contribution in [2.45, 2.75) is 39.5 Å². The summed E-state index contributed by atoms with van der Waals surface area (Å²) in [6, 6.07) is 46.5. The van der Waals surface area contributed by atoms with Gasteiger partial charge in [0.25, 0.3) is 0 Å². The molecule has 0 radical (unpaired) electrons. The first-order valence-corrected chi connectivity index (χ1v) is 20.8. The Kier molecular flexibility index (Phi) is 12.5. The molecule has 6 aromatic carbocycles. The Morgan fingerprint density at radius 2 is 1.16 bits per heavy atom. The molecule has 3 heterocycles. The molecule has 0 aliphatic rings. The van der Waals surface area contributed by atoms with E-state index in [1.807, 2.05) is 12.1 Å². The standard InChI is InChI=1S/C23H21N3S.C19H11BrN2S.C4H11N/c1-2-3-15-24-23-25-22-20(13-8-14-21(22)27-23)26-18-11-6-4-9-16(18)17-10-5-7-12-19(17)26;20-15-8-5-11-18(19(15)21-12-23)22-16-9-3-1-6-13(16)14-7-2-4-10-17(14)22;1-2-3-4-5/h4-14H,2-3,15H2,1H3,(H,24,25);1-11H;2-5H2,1H3. The van der Waals surface area contributed by atoms with Crippen molar-refractivity contribution in [2.75, 3.05) is 18.4 Å². The summed E-state index contributed by atoms with van der Waals surface area (Å²) in [7, 11) is 0. The molecule has 276 valence electrons. The molecule has 0 bridgehead atoms. The zero-order chi connectivity index (χ0) is 38.1. The fourth-order valence-corrected chi connectivity index (χ4v) is 8.42. The molecule has 0 unspecified atom stereocenters. The fraction of sp³-hybridized carbons (Fsp3) is 0.174. The molecule has 0 saturated carbocycles. The van der Waals surface area contributed by atoms with E-state index in [9.17, 15) is 0 Å². The van der Waals surface area contributed by atoms with Crippen LogP contribution in [-0.4, -0.2) is 32.4 Å². The smallest absolute Gasteiger partial charge is 0.183 e. The predicted molar refractivity (Wildman–Crippen MR) is 244 cm³/mol. The van der Waals surface area contributed by atoms with Gasteiger partial charge >= 0.3 is 0 Å². The number of nitrogens with one attached hydrogen (secondary N) is 1. The van der Waals surface area contributed by atoms with Gasteiger partial charge in [-0.05, 0) is 96.1 Å². The normalized spacial score (nSPS) is 11.0. The zero-order valence-electron chi connectivity index (χ0n) is 31.0. The predicted octanol–water partition coefficient (Wildman–Crippen LogP) is 13.6. The molecule has 3 N–H and O–H groups in total. The van der Waals surface area contributed by atoms with Gasteiger partial charge < -0.3 is 20.2 Å². The lowest BCUT2D eigenvalue weighted by Crippen LogP contribution is -2.00. The maximum Gasteiger partial charge on any atom is 0.183 e. The molecule has 6 nitrogen and oxygen atoms in total. The van der Waals surface area contributed by atoms with Crippen LogP contribution in [0.5, 0.6) is 0 Å². The highest BCUT2D eigenvalue weighted by molar-refractivity contribution is 9.10. The molecule has 0 amide bonds. The van der Waals surface area contributed by atoms with Gasteiger partial charge in [0.2, 0.25) is 0 Å². The largest absolute Gasteiger partial charge is 0.361 e. The minimum atomic E-state index is 0.786. The number of halogens is 1. The van der Waals surface area contributed by atoms with Crippen molar-refractivity contribution in [1.29, 1.82) is 0 Å². The molecule has 0 saturated heterocycles. The van der Waals surface area contributed by atoms with E-state index >= 15 is 0 Å².